The monoisotopic (exact) mass is 221 g/mol. The second-order valence-electron chi connectivity index (χ2n) is 2.99. The van der Waals surface area contributed by atoms with Gasteiger partial charge in [0.25, 0.3) is 5.91 Å². The Morgan fingerprint density at radius 1 is 1.25 bits per heavy atom. The van der Waals surface area contributed by atoms with Gasteiger partial charge in [0.1, 0.15) is 0 Å². The highest BCUT2D eigenvalue weighted by molar-refractivity contribution is 6.06. The SMILES string of the molecule is CC.C\C=C1/C=C\C=C/CC(=O)N(C)C1=O. The number of hydrogen-bond donors (Lipinski definition) is 0. The second kappa shape index (κ2) is 7.63. The molecule has 1 aliphatic heterocycles. The first kappa shape index (κ1) is 14.4. The molecule has 0 bridgehead atoms. The first-order valence-electron chi connectivity index (χ1n) is 5.47. The molecule has 0 aliphatic carbocycles. The Morgan fingerprint density at radius 2 is 1.88 bits per heavy atom. The summed E-state index contributed by atoms with van der Waals surface area (Å²) < 4.78 is 0. The Labute approximate surface area is 97.1 Å². The Kier molecular flexibility index (Phi) is 6.84. The summed E-state index contributed by atoms with van der Waals surface area (Å²) in [7, 11) is 1.50. The summed E-state index contributed by atoms with van der Waals surface area (Å²) in [5, 5.41) is 0. The maximum absolute atomic E-state index is 11.7. The number of rotatable bonds is 0. The third-order valence-electron chi connectivity index (χ3n) is 2.05. The molecule has 0 N–H and O–H groups in total. The van der Waals surface area contributed by atoms with Crippen molar-refractivity contribution in [2.45, 2.75) is 27.2 Å². The van der Waals surface area contributed by atoms with Gasteiger partial charge in [-0.3, -0.25) is 14.5 Å². The highest BCUT2D eigenvalue weighted by atomic mass is 16.2. The van der Waals surface area contributed by atoms with Crippen molar-refractivity contribution in [1.82, 2.24) is 4.90 Å². The predicted molar refractivity (Wildman–Crippen MR) is 65.8 cm³/mol. The summed E-state index contributed by atoms with van der Waals surface area (Å²) in [5.74, 6) is -0.438. The van der Waals surface area contributed by atoms with Gasteiger partial charge in [0.05, 0.1) is 0 Å². The van der Waals surface area contributed by atoms with Crippen LogP contribution in [-0.2, 0) is 9.59 Å². The molecule has 0 unspecified atom stereocenters. The molecular weight excluding hydrogens is 202 g/mol. The summed E-state index contributed by atoms with van der Waals surface area (Å²) in [5.41, 5.74) is 0.535. The van der Waals surface area contributed by atoms with Crippen molar-refractivity contribution in [1.29, 1.82) is 0 Å². The van der Waals surface area contributed by atoms with Gasteiger partial charge in [0.15, 0.2) is 0 Å². The van der Waals surface area contributed by atoms with E-state index in [0.29, 0.717) is 5.57 Å². The van der Waals surface area contributed by atoms with E-state index < -0.39 is 0 Å². The van der Waals surface area contributed by atoms with E-state index >= 15 is 0 Å². The lowest BCUT2D eigenvalue weighted by Gasteiger charge is -2.14. The lowest BCUT2D eigenvalue weighted by atomic mass is 10.2. The summed E-state index contributed by atoms with van der Waals surface area (Å²) >= 11 is 0. The molecule has 1 heterocycles. The summed E-state index contributed by atoms with van der Waals surface area (Å²) in [4.78, 5) is 24.2. The van der Waals surface area contributed by atoms with Gasteiger partial charge in [-0.15, -0.1) is 0 Å². The summed E-state index contributed by atoms with van der Waals surface area (Å²) in [6.45, 7) is 5.78. The quantitative estimate of drug-likeness (QED) is 0.465. The maximum Gasteiger partial charge on any atom is 0.259 e. The number of amides is 2. The standard InChI is InChI=1S/C11H13NO2.C2H6/c1-3-9-7-5-4-6-8-10(13)12(2)11(9)14;1-2/h3-7H,8H2,1-2H3;1-2H3/b6-4-,7-5-,9-3+;. The van der Waals surface area contributed by atoms with Gasteiger partial charge in [-0.05, 0) is 13.0 Å². The minimum Gasteiger partial charge on any atom is -0.281 e. The van der Waals surface area contributed by atoms with Crippen molar-refractivity contribution >= 4 is 11.8 Å². The topological polar surface area (TPSA) is 37.4 Å². The molecule has 88 valence electrons. The molecule has 1 aliphatic rings. The van der Waals surface area contributed by atoms with Crippen molar-refractivity contribution in [3.8, 4) is 0 Å². The predicted octanol–water partition coefficient (Wildman–Crippen LogP) is 2.46. The molecular formula is C13H19NO2. The first-order valence-corrected chi connectivity index (χ1v) is 5.47. The zero-order chi connectivity index (χ0) is 12.6. The van der Waals surface area contributed by atoms with Gasteiger partial charge in [0, 0.05) is 19.0 Å². The minimum atomic E-state index is -0.252. The normalized spacial score (nSPS) is 22.8. The Hall–Kier alpha value is -1.64. The van der Waals surface area contributed by atoms with E-state index in [2.05, 4.69) is 0 Å². The maximum atomic E-state index is 11.7. The third-order valence-corrected chi connectivity index (χ3v) is 2.05. The molecule has 16 heavy (non-hydrogen) atoms. The molecule has 3 nitrogen and oxygen atoms in total. The molecule has 0 spiro atoms. The molecule has 1 rings (SSSR count). The van der Waals surface area contributed by atoms with Crippen LogP contribution in [0.3, 0.4) is 0 Å². The third kappa shape index (κ3) is 3.85. The van der Waals surface area contributed by atoms with Crippen LogP contribution in [0.15, 0.2) is 36.0 Å². The molecule has 0 saturated heterocycles. The van der Waals surface area contributed by atoms with Gasteiger partial charge in [-0.1, -0.05) is 38.2 Å². The van der Waals surface area contributed by atoms with Crippen LogP contribution in [0, 0.1) is 0 Å². The van der Waals surface area contributed by atoms with E-state index in [1.165, 1.54) is 7.05 Å². The van der Waals surface area contributed by atoms with Crippen molar-refractivity contribution in [3.05, 3.63) is 36.0 Å². The average Bonchev–Trinajstić information content (AvgIpc) is 2.38. The number of nitrogens with zero attached hydrogens (tertiary/aromatic N) is 1. The van der Waals surface area contributed by atoms with Crippen molar-refractivity contribution in [2.75, 3.05) is 7.05 Å². The second-order valence-corrected chi connectivity index (χ2v) is 2.99. The van der Waals surface area contributed by atoms with Crippen LogP contribution in [0.5, 0.6) is 0 Å². The number of likely N-dealkylation sites (N-methyl/N-ethyl adjacent to an activating group) is 1. The summed E-state index contributed by atoms with van der Waals surface area (Å²) in [6.07, 6.45) is 8.94. The van der Waals surface area contributed by atoms with Crippen molar-refractivity contribution in [3.63, 3.8) is 0 Å². The van der Waals surface area contributed by atoms with Gasteiger partial charge in [-0.25, -0.2) is 0 Å². The average molecular weight is 221 g/mol. The van der Waals surface area contributed by atoms with Gasteiger partial charge >= 0.3 is 0 Å². The van der Waals surface area contributed by atoms with Crippen LogP contribution < -0.4 is 0 Å². The highest BCUT2D eigenvalue weighted by Crippen LogP contribution is 2.07. The largest absolute Gasteiger partial charge is 0.281 e. The van der Waals surface area contributed by atoms with E-state index in [9.17, 15) is 9.59 Å². The van der Waals surface area contributed by atoms with Crippen molar-refractivity contribution in [2.24, 2.45) is 0 Å². The van der Waals surface area contributed by atoms with Crippen LogP contribution in [0.1, 0.15) is 27.2 Å². The highest BCUT2D eigenvalue weighted by Gasteiger charge is 2.17. The zero-order valence-electron chi connectivity index (χ0n) is 10.4. The van der Waals surface area contributed by atoms with Crippen LogP contribution in [0.2, 0.25) is 0 Å². The Balaban J connectivity index is 0.00000106. The van der Waals surface area contributed by atoms with E-state index in [4.69, 9.17) is 0 Å². The molecule has 0 saturated carbocycles. The van der Waals surface area contributed by atoms with Crippen LogP contribution in [0.25, 0.3) is 0 Å². The lowest BCUT2D eigenvalue weighted by Crippen LogP contribution is -2.33. The minimum absolute atomic E-state index is 0.186. The zero-order valence-corrected chi connectivity index (χ0v) is 10.4. The molecule has 2 amide bonds. The fourth-order valence-electron chi connectivity index (χ4n) is 1.14. The molecule has 0 fully saturated rings. The number of carbonyl (C=O) groups is 2. The fraction of sp³-hybridized carbons (Fsp3) is 0.385. The molecule has 3 heteroatoms. The molecule has 0 aromatic heterocycles. The van der Waals surface area contributed by atoms with Gasteiger partial charge in [0.2, 0.25) is 5.91 Å². The lowest BCUT2D eigenvalue weighted by molar-refractivity contribution is -0.140. The van der Waals surface area contributed by atoms with E-state index in [0.717, 1.165) is 4.90 Å². The molecule has 0 aromatic rings. The molecule has 0 radical (unpaired) electrons. The number of hydrogen-bond acceptors (Lipinski definition) is 2. The first-order chi connectivity index (χ1) is 7.66. The van der Waals surface area contributed by atoms with Crippen LogP contribution in [-0.4, -0.2) is 23.8 Å². The fourth-order valence-corrected chi connectivity index (χ4v) is 1.14. The van der Waals surface area contributed by atoms with Gasteiger partial charge < -0.3 is 0 Å². The van der Waals surface area contributed by atoms with Gasteiger partial charge in [-0.2, -0.15) is 0 Å². The van der Waals surface area contributed by atoms with E-state index in [1.807, 2.05) is 13.8 Å². The van der Waals surface area contributed by atoms with Crippen molar-refractivity contribution < 1.29 is 9.59 Å². The number of carbonyl (C=O) groups excluding carboxylic acids is 2. The van der Waals surface area contributed by atoms with Crippen LogP contribution in [0.4, 0.5) is 0 Å². The molecule has 0 atom stereocenters. The number of allylic oxidation sites excluding steroid dienone is 3. The van der Waals surface area contributed by atoms with E-state index in [-0.39, 0.29) is 18.2 Å². The molecule has 0 aromatic carbocycles. The van der Waals surface area contributed by atoms with E-state index in [1.54, 1.807) is 37.3 Å². The Bertz CT molecular complexity index is 338. The smallest absolute Gasteiger partial charge is 0.259 e. The van der Waals surface area contributed by atoms with Crippen LogP contribution >= 0.6 is 0 Å². The Morgan fingerprint density at radius 3 is 2.44 bits per heavy atom. The summed E-state index contributed by atoms with van der Waals surface area (Å²) in [6, 6.07) is 0. The number of imide groups is 1.